The van der Waals surface area contributed by atoms with Crippen molar-refractivity contribution in [2.24, 2.45) is 17.8 Å². The zero-order valence-corrected chi connectivity index (χ0v) is 15.5. The van der Waals surface area contributed by atoms with Crippen LogP contribution in [0, 0.1) is 17.8 Å². The lowest BCUT2D eigenvalue weighted by molar-refractivity contribution is -0.132. The Balaban J connectivity index is 1.58. The van der Waals surface area contributed by atoms with Crippen molar-refractivity contribution in [3.63, 3.8) is 0 Å². The Hall–Kier alpha value is -1.32. The van der Waals surface area contributed by atoms with Gasteiger partial charge in [0.25, 0.3) is 0 Å². The van der Waals surface area contributed by atoms with Crippen LogP contribution in [-0.2, 0) is 9.59 Å². The van der Waals surface area contributed by atoms with Gasteiger partial charge in [0, 0.05) is 25.0 Å². The number of amides is 2. The van der Waals surface area contributed by atoms with Gasteiger partial charge in [-0.2, -0.15) is 0 Å². The van der Waals surface area contributed by atoms with Crippen LogP contribution in [0.3, 0.4) is 0 Å². The van der Waals surface area contributed by atoms with Crippen molar-refractivity contribution in [1.29, 1.82) is 0 Å². The molecule has 0 radical (unpaired) electrons. The number of carbonyl (C=O) groups excluding carboxylic acids is 2. The van der Waals surface area contributed by atoms with E-state index in [1.54, 1.807) is 0 Å². The summed E-state index contributed by atoms with van der Waals surface area (Å²) in [6, 6.07) is 0.808. The summed E-state index contributed by atoms with van der Waals surface area (Å²) in [4.78, 5) is 24.8. The smallest absolute Gasteiger partial charge is 0.223 e. The molecule has 1 aliphatic heterocycles. The quantitative estimate of drug-likeness (QED) is 0.491. The number of hydrogen-bond acceptors (Lipinski definition) is 2. The van der Waals surface area contributed by atoms with Crippen LogP contribution in [0.1, 0.15) is 65.7 Å². The highest BCUT2D eigenvalue weighted by molar-refractivity contribution is 5.77. The minimum atomic E-state index is 0.349. The first kappa shape index (κ1) is 19.0. The average Bonchev–Trinajstić information content (AvgIpc) is 3.11. The second-order valence-corrected chi connectivity index (χ2v) is 8.02. The van der Waals surface area contributed by atoms with Crippen molar-refractivity contribution < 1.29 is 9.59 Å². The normalized spacial score (nSPS) is 28.8. The predicted molar refractivity (Wildman–Crippen MR) is 97.4 cm³/mol. The summed E-state index contributed by atoms with van der Waals surface area (Å²) in [6.07, 6.45) is 12.8. The number of nitrogens with one attached hydrogen (secondary N) is 1. The van der Waals surface area contributed by atoms with Gasteiger partial charge in [-0.1, -0.05) is 26.0 Å². The van der Waals surface area contributed by atoms with E-state index in [4.69, 9.17) is 0 Å². The van der Waals surface area contributed by atoms with Gasteiger partial charge in [0.2, 0.25) is 12.3 Å². The minimum Gasteiger partial charge on any atom is -0.355 e. The van der Waals surface area contributed by atoms with Gasteiger partial charge < -0.3 is 10.2 Å². The highest BCUT2D eigenvalue weighted by atomic mass is 16.2. The molecule has 0 spiro atoms. The number of allylic oxidation sites excluding steroid dienone is 1. The highest BCUT2D eigenvalue weighted by Gasteiger charge is 2.33. The van der Waals surface area contributed by atoms with Crippen molar-refractivity contribution in [3.8, 4) is 0 Å². The van der Waals surface area contributed by atoms with Gasteiger partial charge in [0.15, 0.2) is 0 Å². The highest BCUT2D eigenvalue weighted by Crippen LogP contribution is 2.31. The topological polar surface area (TPSA) is 49.4 Å². The average molecular weight is 335 g/mol. The fourth-order valence-electron chi connectivity index (χ4n) is 3.97. The molecule has 2 rings (SSSR count). The maximum Gasteiger partial charge on any atom is 0.223 e. The molecule has 2 fully saturated rings. The lowest BCUT2D eigenvalue weighted by Crippen LogP contribution is -2.34. The molecule has 2 aliphatic rings. The number of likely N-dealkylation sites (tertiary alicyclic amines) is 1. The van der Waals surface area contributed by atoms with Crippen LogP contribution >= 0.6 is 0 Å². The molecular weight excluding hydrogens is 300 g/mol. The molecule has 1 aliphatic carbocycles. The minimum absolute atomic E-state index is 0.349. The van der Waals surface area contributed by atoms with Crippen LogP contribution in [0.5, 0.6) is 0 Å². The maximum atomic E-state index is 12.4. The molecule has 136 valence electrons. The Labute approximate surface area is 147 Å². The van der Waals surface area contributed by atoms with Gasteiger partial charge in [-0.3, -0.25) is 9.59 Å². The van der Waals surface area contributed by atoms with Gasteiger partial charge in [0.1, 0.15) is 0 Å². The van der Waals surface area contributed by atoms with Crippen LogP contribution in [0.25, 0.3) is 0 Å². The van der Waals surface area contributed by atoms with E-state index in [2.05, 4.69) is 43.1 Å². The number of nitrogens with zero attached hydrogens (tertiary/aromatic N) is 1. The van der Waals surface area contributed by atoms with Gasteiger partial charge in [-0.05, 0) is 63.2 Å². The summed E-state index contributed by atoms with van der Waals surface area (Å²) < 4.78 is 0. The zero-order chi connectivity index (χ0) is 17.5. The lowest BCUT2D eigenvalue weighted by atomic mass is 9.91. The molecule has 1 N–H and O–H groups in total. The monoisotopic (exact) mass is 334 g/mol. The van der Waals surface area contributed by atoms with Crippen LogP contribution in [-0.4, -0.2) is 35.8 Å². The van der Waals surface area contributed by atoms with Gasteiger partial charge >= 0.3 is 0 Å². The zero-order valence-electron chi connectivity index (χ0n) is 15.5. The third kappa shape index (κ3) is 5.95. The van der Waals surface area contributed by atoms with Crippen molar-refractivity contribution in [2.45, 2.75) is 77.8 Å². The van der Waals surface area contributed by atoms with E-state index in [0.29, 0.717) is 42.2 Å². The third-order valence-corrected chi connectivity index (χ3v) is 5.53. The first-order chi connectivity index (χ1) is 11.5. The molecule has 24 heavy (non-hydrogen) atoms. The van der Waals surface area contributed by atoms with E-state index in [0.717, 1.165) is 45.1 Å². The van der Waals surface area contributed by atoms with E-state index in [-0.39, 0.29) is 0 Å². The first-order valence-electron chi connectivity index (χ1n) is 9.67. The SMILES string of the molecule is CC(CC/C=C\[C@@H]1CC1NC=O)CC(C)CC(=O)N1CCCC1C. The van der Waals surface area contributed by atoms with Crippen molar-refractivity contribution in [1.82, 2.24) is 10.2 Å². The number of carbonyl (C=O) groups is 2. The van der Waals surface area contributed by atoms with Gasteiger partial charge in [-0.25, -0.2) is 0 Å². The molecule has 0 aromatic heterocycles. The Morgan fingerprint density at radius 3 is 2.79 bits per heavy atom. The van der Waals surface area contributed by atoms with Gasteiger partial charge in [0.05, 0.1) is 0 Å². The molecule has 1 saturated heterocycles. The second-order valence-electron chi connectivity index (χ2n) is 8.02. The van der Waals surface area contributed by atoms with Crippen LogP contribution in [0.4, 0.5) is 0 Å². The molecule has 2 amide bonds. The molecule has 4 heteroatoms. The number of rotatable bonds is 10. The molecule has 0 aromatic carbocycles. The van der Waals surface area contributed by atoms with Crippen LogP contribution in [0.15, 0.2) is 12.2 Å². The summed E-state index contributed by atoms with van der Waals surface area (Å²) >= 11 is 0. The maximum absolute atomic E-state index is 12.4. The van der Waals surface area contributed by atoms with E-state index in [9.17, 15) is 9.59 Å². The Bertz CT molecular complexity index is 449. The van der Waals surface area contributed by atoms with Crippen molar-refractivity contribution in [3.05, 3.63) is 12.2 Å². The summed E-state index contributed by atoms with van der Waals surface area (Å²) in [5.41, 5.74) is 0. The van der Waals surface area contributed by atoms with Crippen molar-refractivity contribution in [2.75, 3.05) is 6.54 Å². The summed E-state index contributed by atoms with van der Waals surface area (Å²) in [7, 11) is 0. The molecule has 0 bridgehead atoms. The molecule has 1 heterocycles. The molecule has 0 aromatic rings. The van der Waals surface area contributed by atoms with E-state index >= 15 is 0 Å². The summed E-state index contributed by atoms with van der Waals surface area (Å²) in [5.74, 6) is 2.01. The number of hydrogen-bond donors (Lipinski definition) is 1. The first-order valence-corrected chi connectivity index (χ1v) is 9.67. The van der Waals surface area contributed by atoms with E-state index in [1.807, 2.05) is 0 Å². The standard InChI is InChI=1S/C20H34N2O2/c1-15(7-4-5-9-18-13-19(18)21-14-23)11-16(2)12-20(24)22-10-6-8-17(22)3/h5,9,14-19H,4,6-8,10-13H2,1-3H3,(H,21,23)/b9-5-/t15?,16?,17?,18-,19?/m1/s1. The third-order valence-electron chi connectivity index (χ3n) is 5.53. The molecule has 5 atom stereocenters. The van der Waals surface area contributed by atoms with Crippen LogP contribution < -0.4 is 5.32 Å². The molecular formula is C20H34N2O2. The summed E-state index contributed by atoms with van der Waals surface area (Å²) in [5, 5.41) is 2.82. The lowest BCUT2D eigenvalue weighted by Gasteiger charge is -2.24. The van der Waals surface area contributed by atoms with Crippen molar-refractivity contribution >= 4 is 12.3 Å². The Kier molecular flexibility index (Phi) is 7.32. The van der Waals surface area contributed by atoms with E-state index in [1.165, 1.54) is 6.42 Å². The predicted octanol–water partition coefficient (Wildman–Crippen LogP) is 3.52. The fourth-order valence-corrected chi connectivity index (χ4v) is 3.97. The fraction of sp³-hybridized carbons (Fsp3) is 0.800. The van der Waals surface area contributed by atoms with Crippen LogP contribution in [0.2, 0.25) is 0 Å². The molecule has 1 saturated carbocycles. The molecule has 4 unspecified atom stereocenters. The van der Waals surface area contributed by atoms with Gasteiger partial charge in [-0.15, -0.1) is 0 Å². The second kappa shape index (κ2) is 9.24. The molecule has 4 nitrogen and oxygen atoms in total. The Morgan fingerprint density at radius 1 is 1.33 bits per heavy atom. The summed E-state index contributed by atoms with van der Waals surface area (Å²) in [6.45, 7) is 7.62. The largest absolute Gasteiger partial charge is 0.355 e. The Morgan fingerprint density at radius 2 is 2.12 bits per heavy atom. The van der Waals surface area contributed by atoms with E-state index < -0.39 is 0 Å².